The van der Waals surface area contributed by atoms with E-state index in [1.165, 1.54) is 19.4 Å². The fourth-order valence-electron chi connectivity index (χ4n) is 1.89. The molecule has 0 saturated carbocycles. The SMILES string of the molecule is CNNC(=O)CC1CCCN(C)C1. The van der Waals surface area contributed by atoms with Crippen molar-refractivity contribution < 1.29 is 4.79 Å². The van der Waals surface area contributed by atoms with Crippen LogP contribution in [0.2, 0.25) is 0 Å². The summed E-state index contributed by atoms with van der Waals surface area (Å²) in [5, 5.41) is 0. The summed E-state index contributed by atoms with van der Waals surface area (Å²) in [6.07, 6.45) is 3.04. The van der Waals surface area contributed by atoms with Crippen LogP contribution in [0.25, 0.3) is 0 Å². The van der Waals surface area contributed by atoms with Crippen molar-refractivity contribution in [2.24, 2.45) is 5.92 Å². The number of likely N-dealkylation sites (tertiary alicyclic amines) is 1. The molecule has 0 aliphatic carbocycles. The summed E-state index contributed by atoms with van der Waals surface area (Å²) in [6, 6.07) is 0. The average Bonchev–Trinajstić information content (AvgIpc) is 2.04. The molecule has 1 unspecified atom stereocenters. The number of nitrogens with one attached hydrogen (secondary N) is 2. The number of nitrogens with zero attached hydrogens (tertiary/aromatic N) is 1. The zero-order valence-electron chi connectivity index (χ0n) is 8.47. The van der Waals surface area contributed by atoms with Crippen molar-refractivity contribution in [3.63, 3.8) is 0 Å². The Balaban J connectivity index is 2.23. The standard InChI is InChI=1S/C9H19N3O/c1-10-11-9(13)6-8-4-3-5-12(2)7-8/h8,10H,3-7H2,1-2H3,(H,11,13). The lowest BCUT2D eigenvalue weighted by molar-refractivity contribution is -0.123. The van der Waals surface area contributed by atoms with Gasteiger partial charge in [0.2, 0.25) is 5.91 Å². The molecule has 0 radical (unpaired) electrons. The van der Waals surface area contributed by atoms with E-state index < -0.39 is 0 Å². The molecular formula is C9H19N3O. The highest BCUT2D eigenvalue weighted by molar-refractivity contribution is 5.75. The van der Waals surface area contributed by atoms with Crippen LogP contribution in [0, 0.1) is 5.92 Å². The molecule has 1 amide bonds. The van der Waals surface area contributed by atoms with Gasteiger partial charge in [0.25, 0.3) is 0 Å². The lowest BCUT2D eigenvalue weighted by Crippen LogP contribution is -2.39. The predicted octanol–water partition coefficient (Wildman–Crippen LogP) is -0.0311. The first-order valence-electron chi connectivity index (χ1n) is 4.86. The summed E-state index contributed by atoms with van der Waals surface area (Å²) in [6.45, 7) is 2.22. The molecule has 1 fully saturated rings. The number of carbonyl (C=O) groups is 1. The monoisotopic (exact) mass is 185 g/mol. The topological polar surface area (TPSA) is 44.4 Å². The van der Waals surface area contributed by atoms with E-state index in [2.05, 4.69) is 22.8 Å². The van der Waals surface area contributed by atoms with Crippen LogP contribution in [0.5, 0.6) is 0 Å². The van der Waals surface area contributed by atoms with Crippen molar-refractivity contribution >= 4 is 5.91 Å². The van der Waals surface area contributed by atoms with Gasteiger partial charge in [-0.2, -0.15) is 0 Å². The van der Waals surface area contributed by atoms with Crippen LogP contribution in [0.3, 0.4) is 0 Å². The van der Waals surface area contributed by atoms with E-state index >= 15 is 0 Å². The zero-order valence-corrected chi connectivity index (χ0v) is 8.47. The van der Waals surface area contributed by atoms with E-state index in [1.807, 2.05) is 0 Å². The van der Waals surface area contributed by atoms with E-state index in [4.69, 9.17) is 0 Å². The maximum Gasteiger partial charge on any atom is 0.234 e. The second-order valence-corrected chi connectivity index (χ2v) is 3.77. The highest BCUT2D eigenvalue weighted by Crippen LogP contribution is 2.17. The third-order valence-electron chi connectivity index (χ3n) is 2.46. The minimum Gasteiger partial charge on any atom is -0.306 e. The van der Waals surface area contributed by atoms with Crippen molar-refractivity contribution in [3.05, 3.63) is 0 Å². The van der Waals surface area contributed by atoms with Gasteiger partial charge in [-0.3, -0.25) is 10.2 Å². The maximum atomic E-state index is 11.2. The van der Waals surface area contributed by atoms with Gasteiger partial charge < -0.3 is 4.90 Å². The lowest BCUT2D eigenvalue weighted by Gasteiger charge is -2.29. The quantitative estimate of drug-likeness (QED) is 0.607. The molecule has 4 nitrogen and oxygen atoms in total. The van der Waals surface area contributed by atoms with Gasteiger partial charge in [-0.05, 0) is 32.4 Å². The van der Waals surface area contributed by atoms with Gasteiger partial charge in [-0.1, -0.05) is 0 Å². The van der Waals surface area contributed by atoms with Crippen LogP contribution in [0.4, 0.5) is 0 Å². The molecule has 1 rings (SSSR count). The summed E-state index contributed by atoms with van der Waals surface area (Å²) in [5.74, 6) is 0.634. The normalized spacial score (nSPS) is 24.3. The van der Waals surface area contributed by atoms with Gasteiger partial charge in [-0.15, -0.1) is 0 Å². The van der Waals surface area contributed by atoms with E-state index in [9.17, 15) is 4.79 Å². The second kappa shape index (κ2) is 5.19. The van der Waals surface area contributed by atoms with Crippen molar-refractivity contribution in [2.45, 2.75) is 19.3 Å². The first-order chi connectivity index (χ1) is 6.22. The molecule has 1 heterocycles. The van der Waals surface area contributed by atoms with E-state index in [-0.39, 0.29) is 5.91 Å². The van der Waals surface area contributed by atoms with Crippen LogP contribution in [0.1, 0.15) is 19.3 Å². The highest BCUT2D eigenvalue weighted by atomic mass is 16.2. The predicted molar refractivity (Wildman–Crippen MR) is 52.0 cm³/mol. The van der Waals surface area contributed by atoms with E-state index in [0.717, 1.165) is 6.54 Å². The Labute approximate surface area is 79.6 Å². The number of carbonyl (C=O) groups excluding carboxylic acids is 1. The third-order valence-corrected chi connectivity index (χ3v) is 2.46. The molecule has 13 heavy (non-hydrogen) atoms. The summed E-state index contributed by atoms with van der Waals surface area (Å²) in [7, 11) is 3.83. The Morgan fingerprint density at radius 3 is 3.00 bits per heavy atom. The molecule has 0 aromatic carbocycles. The number of rotatable bonds is 3. The molecule has 1 atom stereocenters. The summed E-state index contributed by atoms with van der Waals surface area (Å²) >= 11 is 0. The van der Waals surface area contributed by atoms with Crippen LogP contribution in [-0.4, -0.2) is 38.0 Å². The maximum absolute atomic E-state index is 11.2. The minimum absolute atomic E-state index is 0.0998. The zero-order chi connectivity index (χ0) is 9.68. The molecule has 0 aromatic heterocycles. The molecule has 1 aliphatic heterocycles. The molecule has 0 aromatic rings. The van der Waals surface area contributed by atoms with Crippen molar-refractivity contribution in [3.8, 4) is 0 Å². The van der Waals surface area contributed by atoms with Crippen LogP contribution in [-0.2, 0) is 4.79 Å². The van der Waals surface area contributed by atoms with Gasteiger partial charge in [0.1, 0.15) is 0 Å². The van der Waals surface area contributed by atoms with Crippen molar-refractivity contribution in [1.82, 2.24) is 15.8 Å². The molecule has 1 aliphatic rings. The number of hydrogen-bond acceptors (Lipinski definition) is 3. The Kier molecular flexibility index (Phi) is 4.18. The first kappa shape index (κ1) is 10.5. The molecule has 76 valence electrons. The van der Waals surface area contributed by atoms with Gasteiger partial charge >= 0.3 is 0 Å². The van der Waals surface area contributed by atoms with Gasteiger partial charge in [0.15, 0.2) is 0 Å². The fourth-order valence-corrected chi connectivity index (χ4v) is 1.89. The molecule has 2 N–H and O–H groups in total. The van der Waals surface area contributed by atoms with Gasteiger partial charge in [-0.25, -0.2) is 5.43 Å². The molecule has 4 heteroatoms. The van der Waals surface area contributed by atoms with Gasteiger partial charge in [0, 0.05) is 20.0 Å². The summed E-state index contributed by atoms with van der Waals surface area (Å²) in [5.41, 5.74) is 5.26. The number of piperidine rings is 1. The van der Waals surface area contributed by atoms with Crippen LogP contribution in [0.15, 0.2) is 0 Å². The fraction of sp³-hybridized carbons (Fsp3) is 0.889. The lowest BCUT2D eigenvalue weighted by atomic mass is 9.95. The smallest absolute Gasteiger partial charge is 0.234 e. The summed E-state index contributed by atoms with van der Waals surface area (Å²) < 4.78 is 0. The molecule has 1 saturated heterocycles. The van der Waals surface area contributed by atoms with Crippen molar-refractivity contribution in [2.75, 3.05) is 27.2 Å². The third kappa shape index (κ3) is 3.74. The second-order valence-electron chi connectivity index (χ2n) is 3.77. The molecule has 0 spiro atoms. The Bertz CT molecular complexity index is 172. The van der Waals surface area contributed by atoms with Crippen LogP contribution >= 0.6 is 0 Å². The minimum atomic E-state index is 0.0998. The Morgan fingerprint density at radius 2 is 2.38 bits per heavy atom. The largest absolute Gasteiger partial charge is 0.306 e. The van der Waals surface area contributed by atoms with Crippen molar-refractivity contribution in [1.29, 1.82) is 0 Å². The highest BCUT2D eigenvalue weighted by Gasteiger charge is 2.19. The molecular weight excluding hydrogens is 166 g/mol. The van der Waals surface area contributed by atoms with E-state index in [1.54, 1.807) is 7.05 Å². The average molecular weight is 185 g/mol. The van der Waals surface area contributed by atoms with Crippen LogP contribution < -0.4 is 10.9 Å². The number of hydrogen-bond donors (Lipinski definition) is 2. The van der Waals surface area contributed by atoms with E-state index in [0.29, 0.717) is 12.3 Å². The first-order valence-corrected chi connectivity index (χ1v) is 4.86. The number of amides is 1. The number of hydrazine groups is 1. The summed E-state index contributed by atoms with van der Waals surface area (Å²) in [4.78, 5) is 13.5. The Hall–Kier alpha value is -0.610. The molecule has 0 bridgehead atoms. The van der Waals surface area contributed by atoms with Gasteiger partial charge in [0.05, 0.1) is 0 Å². The Morgan fingerprint density at radius 1 is 1.62 bits per heavy atom.